The van der Waals surface area contributed by atoms with Gasteiger partial charge in [-0.2, -0.15) is 0 Å². The van der Waals surface area contributed by atoms with Crippen molar-refractivity contribution in [1.82, 2.24) is 5.32 Å². The molecule has 1 aliphatic rings. The van der Waals surface area contributed by atoms with Gasteiger partial charge in [0, 0.05) is 0 Å². The number of thiophene rings is 1. The summed E-state index contributed by atoms with van der Waals surface area (Å²) in [5, 5.41) is 7.64. The van der Waals surface area contributed by atoms with Gasteiger partial charge >= 0.3 is 0 Å². The Morgan fingerprint density at radius 1 is 1.50 bits per heavy atom. The van der Waals surface area contributed by atoms with Gasteiger partial charge in [-0.15, -0.1) is 11.3 Å². The molecule has 0 atom stereocenters. The zero-order chi connectivity index (χ0) is 6.97. The molecule has 1 aromatic heterocycles. The topological polar surface area (TPSA) is 41.1 Å². The van der Waals surface area contributed by atoms with Crippen LogP contribution in [0.1, 0.15) is 9.67 Å². The van der Waals surface area contributed by atoms with E-state index < -0.39 is 0 Å². The maximum absolute atomic E-state index is 11.0. The molecule has 4 heteroatoms. The Bertz CT molecular complexity index is 268. The first-order chi connectivity index (χ1) is 4.88. The third kappa shape index (κ3) is 0.690. The predicted molar refractivity (Wildman–Crippen MR) is 40.3 cm³/mol. The molecule has 2 rings (SSSR count). The van der Waals surface area contributed by atoms with E-state index >= 15 is 0 Å². The largest absolute Gasteiger partial charge is 0.367 e. The van der Waals surface area contributed by atoms with Crippen LogP contribution in [-0.2, 0) is 0 Å². The zero-order valence-electron chi connectivity index (χ0n) is 5.18. The molecule has 0 unspecified atom stereocenters. The number of hydrogen-bond acceptors (Lipinski definition) is 3. The summed E-state index contributed by atoms with van der Waals surface area (Å²) >= 11 is 1.46. The third-order valence-corrected chi connectivity index (χ3v) is 2.31. The van der Waals surface area contributed by atoms with Crippen LogP contribution in [0, 0.1) is 0 Å². The molecule has 1 aliphatic heterocycles. The van der Waals surface area contributed by atoms with Crippen molar-refractivity contribution in [2.75, 3.05) is 12.0 Å². The Kier molecular flexibility index (Phi) is 1.14. The van der Waals surface area contributed by atoms with Gasteiger partial charge in [0.25, 0.3) is 5.91 Å². The Balaban J connectivity index is 2.50. The Hall–Kier alpha value is -1.03. The van der Waals surface area contributed by atoms with Gasteiger partial charge in [-0.05, 0) is 11.4 Å². The lowest BCUT2D eigenvalue weighted by Gasteiger charge is -2.13. The van der Waals surface area contributed by atoms with E-state index in [1.54, 1.807) is 0 Å². The fourth-order valence-electron chi connectivity index (χ4n) is 0.924. The minimum Gasteiger partial charge on any atom is -0.367 e. The monoisotopic (exact) mass is 154 g/mol. The van der Waals surface area contributed by atoms with E-state index in [2.05, 4.69) is 10.6 Å². The van der Waals surface area contributed by atoms with Gasteiger partial charge in [0.05, 0.1) is 12.4 Å². The predicted octanol–water partition coefficient (Wildman–Crippen LogP) is 0.861. The summed E-state index contributed by atoms with van der Waals surface area (Å²) in [4.78, 5) is 11.8. The van der Waals surface area contributed by atoms with E-state index in [0.717, 1.165) is 10.6 Å². The zero-order valence-corrected chi connectivity index (χ0v) is 5.99. The van der Waals surface area contributed by atoms with Crippen LogP contribution in [0.2, 0.25) is 0 Å². The Morgan fingerprint density at radius 3 is 3.20 bits per heavy atom. The lowest BCUT2D eigenvalue weighted by Crippen LogP contribution is -2.33. The molecular formula is C6H6N2OS. The van der Waals surface area contributed by atoms with Crippen molar-refractivity contribution in [1.29, 1.82) is 0 Å². The van der Waals surface area contributed by atoms with Crippen LogP contribution in [-0.4, -0.2) is 12.6 Å². The van der Waals surface area contributed by atoms with Crippen molar-refractivity contribution in [3.63, 3.8) is 0 Å². The summed E-state index contributed by atoms with van der Waals surface area (Å²) in [5.41, 5.74) is 0.953. The number of carbonyl (C=O) groups excluding carboxylic acids is 1. The summed E-state index contributed by atoms with van der Waals surface area (Å²) in [6, 6.07) is 1.92. The quantitative estimate of drug-likeness (QED) is 0.582. The molecular weight excluding hydrogens is 148 g/mol. The number of hydrogen-bond donors (Lipinski definition) is 2. The van der Waals surface area contributed by atoms with Crippen LogP contribution < -0.4 is 10.6 Å². The van der Waals surface area contributed by atoms with E-state index in [9.17, 15) is 4.79 Å². The van der Waals surface area contributed by atoms with Crippen LogP contribution in [0.15, 0.2) is 11.4 Å². The number of nitrogens with one attached hydrogen (secondary N) is 2. The first kappa shape index (κ1) is 5.73. The number of fused-ring (bicyclic) bond motifs is 1. The van der Waals surface area contributed by atoms with Gasteiger partial charge in [-0.1, -0.05) is 0 Å². The van der Waals surface area contributed by atoms with Crippen molar-refractivity contribution in [2.24, 2.45) is 0 Å². The second-order valence-electron chi connectivity index (χ2n) is 2.02. The van der Waals surface area contributed by atoms with Crippen molar-refractivity contribution in [2.45, 2.75) is 0 Å². The highest BCUT2D eigenvalue weighted by Crippen LogP contribution is 2.23. The minimum atomic E-state index is 0.0313. The van der Waals surface area contributed by atoms with Crippen LogP contribution in [0.25, 0.3) is 0 Å². The number of amides is 1. The maximum Gasteiger partial charge on any atom is 0.264 e. The average molecular weight is 154 g/mol. The third-order valence-electron chi connectivity index (χ3n) is 1.40. The van der Waals surface area contributed by atoms with Crippen LogP contribution in [0.5, 0.6) is 0 Å². The van der Waals surface area contributed by atoms with Gasteiger partial charge < -0.3 is 10.6 Å². The number of anilines is 1. The smallest absolute Gasteiger partial charge is 0.264 e. The molecule has 52 valence electrons. The molecule has 0 bridgehead atoms. The molecule has 3 nitrogen and oxygen atoms in total. The molecule has 0 spiro atoms. The van der Waals surface area contributed by atoms with E-state index in [4.69, 9.17) is 0 Å². The molecule has 0 saturated carbocycles. The molecule has 0 aliphatic carbocycles. The summed E-state index contributed by atoms with van der Waals surface area (Å²) < 4.78 is 0. The summed E-state index contributed by atoms with van der Waals surface area (Å²) in [6.45, 7) is 0.544. The molecule has 0 radical (unpaired) electrons. The highest BCUT2D eigenvalue weighted by Gasteiger charge is 2.15. The van der Waals surface area contributed by atoms with Crippen LogP contribution >= 0.6 is 11.3 Å². The van der Waals surface area contributed by atoms with Gasteiger partial charge in [0.2, 0.25) is 0 Å². The minimum absolute atomic E-state index is 0.0313. The van der Waals surface area contributed by atoms with Crippen molar-refractivity contribution < 1.29 is 4.79 Å². The molecule has 2 N–H and O–H groups in total. The Labute approximate surface area is 62.1 Å². The van der Waals surface area contributed by atoms with Crippen molar-refractivity contribution >= 4 is 22.9 Å². The standard InChI is InChI=1S/C6H6N2OS/c9-6-5-4(1-2-10-5)7-3-8-6/h1-2,7H,3H2,(H,8,9). The van der Waals surface area contributed by atoms with Crippen LogP contribution in [0.4, 0.5) is 5.69 Å². The molecule has 1 amide bonds. The lowest BCUT2D eigenvalue weighted by atomic mass is 10.3. The van der Waals surface area contributed by atoms with Crippen molar-refractivity contribution in [3.05, 3.63) is 16.3 Å². The van der Waals surface area contributed by atoms with E-state index in [1.165, 1.54) is 11.3 Å². The van der Waals surface area contributed by atoms with E-state index in [0.29, 0.717) is 6.67 Å². The molecule has 2 heterocycles. The molecule has 0 saturated heterocycles. The first-order valence-corrected chi connectivity index (χ1v) is 3.85. The second-order valence-corrected chi connectivity index (χ2v) is 2.94. The van der Waals surface area contributed by atoms with Gasteiger partial charge in [0.15, 0.2) is 0 Å². The Morgan fingerprint density at radius 2 is 2.40 bits per heavy atom. The van der Waals surface area contributed by atoms with Crippen LogP contribution in [0.3, 0.4) is 0 Å². The number of rotatable bonds is 0. The highest BCUT2D eigenvalue weighted by molar-refractivity contribution is 7.12. The maximum atomic E-state index is 11.0. The van der Waals surface area contributed by atoms with Gasteiger partial charge in [0.1, 0.15) is 4.88 Å². The van der Waals surface area contributed by atoms with E-state index in [-0.39, 0.29) is 5.91 Å². The molecule has 1 aromatic rings. The van der Waals surface area contributed by atoms with Crippen molar-refractivity contribution in [3.8, 4) is 0 Å². The normalized spacial score (nSPS) is 15.4. The van der Waals surface area contributed by atoms with Gasteiger partial charge in [-0.25, -0.2) is 0 Å². The number of carbonyl (C=O) groups is 1. The first-order valence-electron chi connectivity index (χ1n) is 2.97. The fourth-order valence-corrected chi connectivity index (χ4v) is 1.71. The summed E-state index contributed by atoms with van der Waals surface area (Å²) in [6.07, 6.45) is 0. The second kappa shape index (κ2) is 1.98. The molecule has 10 heavy (non-hydrogen) atoms. The fraction of sp³-hybridized carbons (Fsp3) is 0.167. The average Bonchev–Trinajstić information content (AvgIpc) is 2.36. The molecule has 0 fully saturated rings. The summed E-state index contributed by atoms with van der Waals surface area (Å²) in [7, 11) is 0. The van der Waals surface area contributed by atoms with E-state index in [1.807, 2.05) is 11.4 Å². The summed E-state index contributed by atoms with van der Waals surface area (Å²) in [5.74, 6) is 0.0313. The molecule has 0 aromatic carbocycles. The van der Waals surface area contributed by atoms with Gasteiger partial charge in [-0.3, -0.25) is 4.79 Å². The SMILES string of the molecule is O=C1NCNc2ccsc21. The lowest BCUT2D eigenvalue weighted by molar-refractivity contribution is 0.0957. The highest BCUT2D eigenvalue weighted by atomic mass is 32.1.